The summed E-state index contributed by atoms with van der Waals surface area (Å²) in [7, 11) is 3.36. The first-order valence-corrected chi connectivity index (χ1v) is 6.51. The van der Waals surface area contributed by atoms with Gasteiger partial charge in [0.25, 0.3) is 0 Å². The Morgan fingerprint density at radius 3 is 2.84 bits per heavy atom. The van der Waals surface area contributed by atoms with Crippen molar-refractivity contribution in [2.24, 2.45) is 0 Å². The largest absolute Gasteiger partial charge is 0.493 e. The van der Waals surface area contributed by atoms with Crippen molar-refractivity contribution in [2.45, 2.75) is 13.0 Å². The van der Waals surface area contributed by atoms with Crippen LogP contribution in [0.25, 0.3) is 0 Å². The molecule has 1 aliphatic rings. The summed E-state index contributed by atoms with van der Waals surface area (Å²) in [6.45, 7) is 3.62. The van der Waals surface area contributed by atoms with Gasteiger partial charge in [-0.1, -0.05) is 0 Å². The predicted octanol–water partition coefficient (Wildman–Crippen LogP) is 1.59. The van der Waals surface area contributed by atoms with E-state index in [0.29, 0.717) is 19.0 Å². The number of methoxy groups -OCH3 is 2. The van der Waals surface area contributed by atoms with Crippen LogP contribution in [0.1, 0.15) is 12.0 Å². The van der Waals surface area contributed by atoms with Crippen LogP contribution in [0.4, 0.5) is 0 Å². The van der Waals surface area contributed by atoms with E-state index in [-0.39, 0.29) is 0 Å². The molecule has 0 saturated carbocycles. The van der Waals surface area contributed by atoms with Crippen LogP contribution in [-0.4, -0.2) is 40.6 Å². The fourth-order valence-electron chi connectivity index (χ4n) is 2.00. The van der Waals surface area contributed by atoms with E-state index in [1.807, 2.05) is 12.1 Å². The third-order valence-corrected chi connectivity index (χ3v) is 2.92. The van der Waals surface area contributed by atoms with Crippen molar-refractivity contribution in [3.05, 3.63) is 17.7 Å². The summed E-state index contributed by atoms with van der Waals surface area (Å²) in [5.41, 5.74) is 1.12. The minimum Gasteiger partial charge on any atom is -0.493 e. The molecule has 0 amide bonds. The number of hydrogen-bond donors (Lipinski definition) is 1. The number of hydrogen-bond acceptors (Lipinski definition) is 5. The van der Waals surface area contributed by atoms with Gasteiger partial charge in [0.2, 0.25) is 5.75 Å². The third-order valence-electron chi connectivity index (χ3n) is 2.92. The summed E-state index contributed by atoms with van der Waals surface area (Å²) in [4.78, 5) is 0. The highest BCUT2D eigenvalue weighted by atomic mass is 16.6. The molecule has 5 nitrogen and oxygen atoms in total. The molecule has 0 aliphatic carbocycles. The molecule has 0 atom stereocenters. The van der Waals surface area contributed by atoms with Crippen LogP contribution in [0.3, 0.4) is 0 Å². The molecular formula is C14H21NO4. The lowest BCUT2D eigenvalue weighted by molar-refractivity contribution is 0.165. The van der Waals surface area contributed by atoms with Crippen LogP contribution in [0.2, 0.25) is 0 Å². The van der Waals surface area contributed by atoms with E-state index in [2.05, 4.69) is 5.32 Å². The maximum Gasteiger partial charge on any atom is 0.203 e. The molecule has 0 fully saturated rings. The Bertz CT molecular complexity index is 391. The Kier molecular flexibility index (Phi) is 5.30. The highest BCUT2D eigenvalue weighted by Gasteiger charge is 2.18. The Morgan fingerprint density at radius 2 is 2.05 bits per heavy atom. The summed E-state index contributed by atoms with van der Waals surface area (Å²) < 4.78 is 21.5. The molecule has 0 bridgehead atoms. The molecular weight excluding hydrogens is 246 g/mol. The van der Waals surface area contributed by atoms with Gasteiger partial charge in [-0.2, -0.15) is 0 Å². The molecule has 1 aromatic rings. The van der Waals surface area contributed by atoms with E-state index >= 15 is 0 Å². The van der Waals surface area contributed by atoms with Gasteiger partial charge >= 0.3 is 0 Å². The first-order chi connectivity index (χ1) is 9.35. The molecule has 1 aromatic carbocycles. The van der Waals surface area contributed by atoms with Gasteiger partial charge in [0.15, 0.2) is 11.5 Å². The van der Waals surface area contributed by atoms with Crippen molar-refractivity contribution in [3.63, 3.8) is 0 Å². The highest BCUT2D eigenvalue weighted by molar-refractivity contribution is 5.54. The van der Waals surface area contributed by atoms with Crippen molar-refractivity contribution < 1.29 is 18.9 Å². The zero-order valence-electron chi connectivity index (χ0n) is 11.5. The van der Waals surface area contributed by atoms with Gasteiger partial charge in [0.1, 0.15) is 13.2 Å². The van der Waals surface area contributed by atoms with E-state index in [4.69, 9.17) is 18.9 Å². The molecule has 0 saturated heterocycles. The monoisotopic (exact) mass is 267 g/mol. The average Bonchev–Trinajstić information content (AvgIpc) is 2.46. The van der Waals surface area contributed by atoms with Crippen LogP contribution in [-0.2, 0) is 11.3 Å². The van der Waals surface area contributed by atoms with E-state index in [1.54, 1.807) is 14.2 Å². The molecule has 1 heterocycles. The molecule has 106 valence electrons. The number of nitrogens with one attached hydrogen (secondary N) is 1. The molecule has 1 N–H and O–H groups in total. The first kappa shape index (κ1) is 14.0. The lowest BCUT2D eigenvalue weighted by Gasteiger charge is -2.21. The fourth-order valence-corrected chi connectivity index (χ4v) is 2.00. The summed E-state index contributed by atoms with van der Waals surface area (Å²) in [5, 5.41) is 3.36. The van der Waals surface area contributed by atoms with Crippen molar-refractivity contribution in [1.82, 2.24) is 5.32 Å². The smallest absolute Gasteiger partial charge is 0.203 e. The topological polar surface area (TPSA) is 49.0 Å². The molecule has 1 aliphatic heterocycles. The summed E-state index contributed by atoms with van der Waals surface area (Å²) in [6, 6.07) is 3.98. The van der Waals surface area contributed by atoms with Gasteiger partial charge in [-0.15, -0.1) is 0 Å². The second kappa shape index (κ2) is 7.21. The van der Waals surface area contributed by atoms with Crippen LogP contribution in [0, 0.1) is 0 Å². The van der Waals surface area contributed by atoms with Crippen molar-refractivity contribution in [3.8, 4) is 17.2 Å². The lowest BCUT2D eigenvalue weighted by atomic mass is 10.1. The number of benzene rings is 1. The number of ether oxygens (including phenoxy) is 4. The van der Waals surface area contributed by atoms with E-state index in [9.17, 15) is 0 Å². The number of fused-ring (bicyclic) bond motifs is 1. The maximum atomic E-state index is 5.60. The first-order valence-electron chi connectivity index (χ1n) is 6.51. The van der Waals surface area contributed by atoms with Gasteiger partial charge in [0, 0.05) is 20.3 Å². The third kappa shape index (κ3) is 3.75. The van der Waals surface area contributed by atoms with Crippen LogP contribution in [0.5, 0.6) is 17.2 Å². The van der Waals surface area contributed by atoms with Crippen LogP contribution >= 0.6 is 0 Å². The summed E-state index contributed by atoms with van der Waals surface area (Å²) in [5.74, 6) is 2.20. The molecule has 0 aromatic heterocycles. The SMILES string of the molecule is COCCCNCc1cc(OC)c2c(c1)OCCO2. The summed E-state index contributed by atoms with van der Waals surface area (Å²) in [6.07, 6.45) is 0.998. The van der Waals surface area contributed by atoms with Crippen LogP contribution < -0.4 is 19.5 Å². The normalized spacial score (nSPS) is 13.4. The Labute approximate surface area is 113 Å². The Hall–Kier alpha value is -1.46. The zero-order valence-corrected chi connectivity index (χ0v) is 11.5. The predicted molar refractivity (Wildman–Crippen MR) is 72.2 cm³/mol. The van der Waals surface area contributed by atoms with E-state index in [1.165, 1.54) is 0 Å². The molecule has 0 spiro atoms. The van der Waals surface area contributed by atoms with E-state index < -0.39 is 0 Å². The van der Waals surface area contributed by atoms with Crippen molar-refractivity contribution >= 4 is 0 Å². The quantitative estimate of drug-likeness (QED) is 0.760. The molecule has 0 radical (unpaired) electrons. The second-order valence-electron chi connectivity index (χ2n) is 4.35. The second-order valence-corrected chi connectivity index (χ2v) is 4.35. The van der Waals surface area contributed by atoms with Crippen molar-refractivity contribution in [2.75, 3.05) is 40.6 Å². The van der Waals surface area contributed by atoms with Gasteiger partial charge in [-0.3, -0.25) is 0 Å². The zero-order chi connectivity index (χ0) is 13.5. The van der Waals surface area contributed by atoms with Gasteiger partial charge in [-0.25, -0.2) is 0 Å². The van der Waals surface area contributed by atoms with Gasteiger partial charge < -0.3 is 24.3 Å². The minimum atomic E-state index is 0.567. The lowest BCUT2D eigenvalue weighted by Crippen LogP contribution is -2.18. The maximum absolute atomic E-state index is 5.60. The van der Waals surface area contributed by atoms with Crippen molar-refractivity contribution in [1.29, 1.82) is 0 Å². The average molecular weight is 267 g/mol. The standard InChI is InChI=1S/C14H21NO4/c1-16-5-3-4-15-10-11-8-12(17-2)14-13(9-11)18-6-7-19-14/h8-9,15H,3-7,10H2,1-2H3. The molecule has 0 unspecified atom stereocenters. The van der Waals surface area contributed by atoms with E-state index in [0.717, 1.165) is 43.2 Å². The van der Waals surface area contributed by atoms with Gasteiger partial charge in [0.05, 0.1) is 7.11 Å². The Balaban J connectivity index is 1.97. The minimum absolute atomic E-state index is 0.567. The fraction of sp³-hybridized carbons (Fsp3) is 0.571. The summed E-state index contributed by atoms with van der Waals surface area (Å²) >= 11 is 0. The highest BCUT2D eigenvalue weighted by Crippen LogP contribution is 2.40. The van der Waals surface area contributed by atoms with Gasteiger partial charge in [-0.05, 0) is 30.7 Å². The molecule has 2 rings (SSSR count). The molecule has 19 heavy (non-hydrogen) atoms. The Morgan fingerprint density at radius 1 is 1.21 bits per heavy atom. The van der Waals surface area contributed by atoms with Crippen LogP contribution in [0.15, 0.2) is 12.1 Å². The molecule has 5 heteroatoms. The number of rotatable bonds is 7.